The third kappa shape index (κ3) is 4.89. The van der Waals surface area contributed by atoms with Gasteiger partial charge in [-0.2, -0.15) is 0 Å². The number of likely N-dealkylation sites (tertiary alicyclic amines) is 1. The van der Waals surface area contributed by atoms with E-state index in [1.807, 2.05) is 0 Å². The second kappa shape index (κ2) is 7.49. The fraction of sp³-hybridized carbons (Fsp3) is 1.00. The van der Waals surface area contributed by atoms with Crippen LogP contribution in [-0.2, 0) is 4.74 Å². The first-order chi connectivity index (χ1) is 8.74. The molecule has 2 aliphatic heterocycles. The van der Waals surface area contributed by atoms with Crippen LogP contribution in [-0.4, -0.2) is 37.7 Å². The zero-order valence-electron chi connectivity index (χ0n) is 12.4. The second-order valence-electron chi connectivity index (χ2n) is 6.78. The van der Waals surface area contributed by atoms with E-state index >= 15 is 0 Å². The Balaban J connectivity index is 1.65. The summed E-state index contributed by atoms with van der Waals surface area (Å²) in [5.41, 5.74) is 0. The van der Waals surface area contributed by atoms with Crippen LogP contribution in [0, 0.1) is 17.8 Å². The molecule has 106 valence electrons. The highest BCUT2D eigenvalue weighted by Gasteiger charge is 2.21. The van der Waals surface area contributed by atoms with Crippen molar-refractivity contribution in [1.82, 2.24) is 4.90 Å². The highest BCUT2D eigenvalue weighted by Crippen LogP contribution is 2.25. The largest absolute Gasteiger partial charge is 0.381 e. The summed E-state index contributed by atoms with van der Waals surface area (Å²) < 4.78 is 5.44. The van der Waals surface area contributed by atoms with Gasteiger partial charge in [-0.1, -0.05) is 13.8 Å². The molecule has 2 nitrogen and oxygen atoms in total. The van der Waals surface area contributed by atoms with Gasteiger partial charge < -0.3 is 9.64 Å². The Hall–Kier alpha value is -0.0800. The van der Waals surface area contributed by atoms with E-state index in [4.69, 9.17) is 4.74 Å². The van der Waals surface area contributed by atoms with Crippen molar-refractivity contribution >= 4 is 0 Å². The van der Waals surface area contributed by atoms with Crippen LogP contribution in [0.3, 0.4) is 0 Å². The molecule has 2 saturated heterocycles. The molecule has 0 radical (unpaired) electrons. The lowest BCUT2D eigenvalue weighted by Gasteiger charge is -2.34. The lowest BCUT2D eigenvalue weighted by Crippen LogP contribution is -2.37. The van der Waals surface area contributed by atoms with E-state index in [1.54, 1.807) is 0 Å². The predicted molar refractivity (Wildman–Crippen MR) is 76.8 cm³/mol. The molecule has 2 rings (SSSR count). The fourth-order valence-electron chi connectivity index (χ4n) is 3.61. The summed E-state index contributed by atoms with van der Waals surface area (Å²) in [6.07, 6.45) is 8.30. The van der Waals surface area contributed by atoms with Crippen molar-refractivity contribution in [3.05, 3.63) is 0 Å². The van der Waals surface area contributed by atoms with E-state index < -0.39 is 0 Å². The molecule has 2 aliphatic rings. The molecule has 2 heteroatoms. The summed E-state index contributed by atoms with van der Waals surface area (Å²) in [5, 5.41) is 0. The molecule has 0 N–H and O–H groups in total. The van der Waals surface area contributed by atoms with Crippen LogP contribution in [0.2, 0.25) is 0 Å². The third-order valence-corrected chi connectivity index (χ3v) is 4.60. The van der Waals surface area contributed by atoms with Crippen LogP contribution < -0.4 is 0 Å². The lowest BCUT2D eigenvalue weighted by molar-refractivity contribution is 0.0571. The second-order valence-corrected chi connectivity index (χ2v) is 6.78. The highest BCUT2D eigenvalue weighted by atomic mass is 16.5. The minimum absolute atomic E-state index is 0.866. The molecule has 0 aromatic heterocycles. The molecule has 0 aromatic carbocycles. The van der Waals surface area contributed by atoms with Gasteiger partial charge >= 0.3 is 0 Å². The van der Waals surface area contributed by atoms with Crippen molar-refractivity contribution in [3.8, 4) is 0 Å². The summed E-state index contributed by atoms with van der Waals surface area (Å²) >= 11 is 0. The van der Waals surface area contributed by atoms with Crippen molar-refractivity contribution < 1.29 is 4.74 Å². The molecule has 0 saturated carbocycles. The van der Waals surface area contributed by atoms with Gasteiger partial charge in [-0.3, -0.25) is 0 Å². The van der Waals surface area contributed by atoms with E-state index in [-0.39, 0.29) is 0 Å². The summed E-state index contributed by atoms with van der Waals surface area (Å²) in [5.74, 6) is 2.77. The van der Waals surface area contributed by atoms with Gasteiger partial charge in [0.15, 0.2) is 0 Å². The molecule has 18 heavy (non-hydrogen) atoms. The maximum Gasteiger partial charge on any atom is 0.0468 e. The monoisotopic (exact) mass is 253 g/mol. The molecule has 0 aromatic rings. The van der Waals surface area contributed by atoms with E-state index in [2.05, 4.69) is 18.7 Å². The van der Waals surface area contributed by atoms with Gasteiger partial charge in [0.05, 0.1) is 0 Å². The molecule has 0 bridgehead atoms. The van der Waals surface area contributed by atoms with Crippen LogP contribution >= 0.6 is 0 Å². The average Bonchev–Trinajstić information content (AvgIpc) is 2.37. The highest BCUT2D eigenvalue weighted by molar-refractivity contribution is 4.75. The Morgan fingerprint density at radius 3 is 2.61 bits per heavy atom. The Morgan fingerprint density at radius 1 is 1.11 bits per heavy atom. The summed E-state index contributed by atoms with van der Waals surface area (Å²) in [6.45, 7) is 10.8. The van der Waals surface area contributed by atoms with Crippen molar-refractivity contribution in [1.29, 1.82) is 0 Å². The van der Waals surface area contributed by atoms with Crippen LogP contribution in [0.1, 0.15) is 52.4 Å². The molecular formula is C16H31NO. The first-order valence-electron chi connectivity index (χ1n) is 8.04. The number of hydrogen-bond acceptors (Lipinski definition) is 2. The van der Waals surface area contributed by atoms with Crippen molar-refractivity contribution in [2.45, 2.75) is 52.4 Å². The molecule has 0 amide bonds. The Kier molecular flexibility index (Phi) is 5.97. The SMILES string of the molecule is CC(C)CC1CCCN(CCC2CCOCC2)C1. The number of rotatable bonds is 5. The van der Waals surface area contributed by atoms with E-state index in [0.717, 1.165) is 31.0 Å². The predicted octanol–water partition coefficient (Wildman–Crippen LogP) is 3.56. The fourth-order valence-corrected chi connectivity index (χ4v) is 3.61. The van der Waals surface area contributed by atoms with E-state index in [9.17, 15) is 0 Å². The topological polar surface area (TPSA) is 12.5 Å². The van der Waals surface area contributed by atoms with Crippen LogP contribution in [0.25, 0.3) is 0 Å². The van der Waals surface area contributed by atoms with Gasteiger partial charge in [-0.15, -0.1) is 0 Å². The Morgan fingerprint density at radius 2 is 1.89 bits per heavy atom. The number of hydrogen-bond donors (Lipinski definition) is 0. The minimum Gasteiger partial charge on any atom is -0.381 e. The lowest BCUT2D eigenvalue weighted by atomic mass is 9.89. The van der Waals surface area contributed by atoms with Crippen LogP contribution in [0.5, 0.6) is 0 Å². The van der Waals surface area contributed by atoms with Gasteiger partial charge in [0, 0.05) is 19.8 Å². The molecule has 1 atom stereocenters. The van der Waals surface area contributed by atoms with Gasteiger partial charge in [-0.05, 0) is 69.4 Å². The molecular weight excluding hydrogens is 222 g/mol. The molecule has 1 unspecified atom stereocenters. The van der Waals surface area contributed by atoms with Crippen molar-refractivity contribution in [2.24, 2.45) is 17.8 Å². The first-order valence-corrected chi connectivity index (χ1v) is 8.04. The molecule has 2 fully saturated rings. The Labute approximate surface area is 113 Å². The standard InChI is InChI=1S/C16H31NO/c1-14(2)12-16-4-3-8-17(13-16)9-5-15-6-10-18-11-7-15/h14-16H,3-13H2,1-2H3. The first kappa shape index (κ1) is 14.3. The number of ether oxygens (including phenoxy) is 1. The summed E-state index contributed by atoms with van der Waals surface area (Å²) in [6, 6.07) is 0. The van der Waals surface area contributed by atoms with Gasteiger partial charge in [0.1, 0.15) is 0 Å². The molecule has 0 aliphatic carbocycles. The maximum atomic E-state index is 5.44. The number of piperidine rings is 1. The van der Waals surface area contributed by atoms with Gasteiger partial charge in [0.25, 0.3) is 0 Å². The number of nitrogens with zero attached hydrogens (tertiary/aromatic N) is 1. The maximum absolute atomic E-state index is 5.44. The van der Waals surface area contributed by atoms with Gasteiger partial charge in [-0.25, -0.2) is 0 Å². The van der Waals surface area contributed by atoms with Crippen molar-refractivity contribution in [3.63, 3.8) is 0 Å². The summed E-state index contributed by atoms with van der Waals surface area (Å²) in [4.78, 5) is 2.73. The van der Waals surface area contributed by atoms with Gasteiger partial charge in [0.2, 0.25) is 0 Å². The normalized spacial score (nSPS) is 27.8. The van der Waals surface area contributed by atoms with Crippen LogP contribution in [0.4, 0.5) is 0 Å². The third-order valence-electron chi connectivity index (χ3n) is 4.60. The summed E-state index contributed by atoms with van der Waals surface area (Å²) in [7, 11) is 0. The van der Waals surface area contributed by atoms with E-state index in [0.29, 0.717) is 0 Å². The zero-order valence-corrected chi connectivity index (χ0v) is 12.4. The van der Waals surface area contributed by atoms with Crippen LogP contribution in [0.15, 0.2) is 0 Å². The smallest absolute Gasteiger partial charge is 0.0468 e. The molecule has 0 spiro atoms. The average molecular weight is 253 g/mol. The zero-order chi connectivity index (χ0) is 12.8. The van der Waals surface area contributed by atoms with Crippen molar-refractivity contribution in [2.75, 3.05) is 32.8 Å². The minimum atomic E-state index is 0.866. The quantitative estimate of drug-likeness (QED) is 0.743. The molecule has 2 heterocycles. The van der Waals surface area contributed by atoms with E-state index in [1.165, 1.54) is 58.2 Å². The Bertz CT molecular complexity index is 223.